The van der Waals surface area contributed by atoms with Gasteiger partial charge >= 0.3 is 0 Å². The summed E-state index contributed by atoms with van der Waals surface area (Å²) in [4.78, 5) is 24.2. The van der Waals surface area contributed by atoms with Crippen LogP contribution < -0.4 is 4.74 Å². The van der Waals surface area contributed by atoms with Crippen molar-refractivity contribution in [1.82, 2.24) is 15.0 Å². The molecule has 0 saturated heterocycles. The van der Waals surface area contributed by atoms with Crippen LogP contribution in [0.1, 0.15) is 35.6 Å². The third-order valence-corrected chi connectivity index (χ3v) is 2.33. The van der Waals surface area contributed by atoms with Crippen molar-refractivity contribution >= 4 is 5.78 Å². The fourth-order valence-electron chi connectivity index (χ4n) is 1.52. The molecule has 98 valence electrons. The first kappa shape index (κ1) is 13.1. The number of rotatable bonds is 4. The van der Waals surface area contributed by atoms with E-state index in [9.17, 15) is 4.79 Å². The number of carbonyl (C=O) groups excluding carboxylic acids is 1. The van der Waals surface area contributed by atoms with Crippen molar-refractivity contribution in [1.29, 1.82) is 0 Å². The highest BCUT2D eigenvalue weighted by Gasteiger charge is 2.13. The average molecular weight is 257 g/mol. The molecule has 0 aliphatic carbocycles. The van der Waals surface area contributed by atoms with Crippen LogP contribution >= 0.6 is 0 Å². The highest BCUT2D eigenvalue weighted by Crippen LogP contribution is 2.15. The number of hydrogen-bond donors (Lipinski definition) is 0. The predicted octanol–water partition coefficient (Wildman–Crippen LogP) is 2.20. The molecule has 0 bridgehead atoms. The van der Waals surface area contributed by atoms with E-state index < -0.39 is 0 Å². The molecule has 0 N–H and O–H groups in total. The largest absolute Gasteiger partial charge is 0.489 e. The van der Waals surface area contributed by atoms with Gasteiger partial charge in [0.1, 0.15) is 5.75 Å². The molecule has 0 aromatic carbocycles. The summed E-state index contributed by atoms with van der Waals surface area (Å²) in [5.74, 6) is 0.462. The van der Waals surface area contributed by atoms with Crippen LogP contribution in [-0.4, -0.2) is 26.8 Å². The Morgan fingerprint density at radius 2 is 1.84 bits per heavy atom. The summed E-state index contributed by atoms with van der Waals surface area (Å²) >= 11 is 0. The van der Waals surface area contributed by atoms with Gasteiger partial charge in [-0.05, 0) is 32.4 Å². The lowest BCUT2D eigenvalue weighted by Gasteiger charge is -2.09. The Kier molecular flexibility index (Phi) is 3.85. The molecule has 0 amide bonds. The lowest BCUT2D eigenvalue weighted by atomic mass is 10.1. The Balaban J connectivity index is 2.26. The van der Waals surface area contributed by atoms with Crippen LogP contribution in [0.3, 0.4) is 0 Å². The summed E-state index contributed by atoms with van der Waals surface area (Å²) in [7, 11) is 0. The van der Waals surface area contributed by atoms with Gasteiger partial charge < -0.3 is 4.74 Å². The Labute approximate surface area is 111 Å². The van der Waals surface area contributed by atoms with E-state index in [1.165, 1.54) is 6.20 Å². The Bertz CT molecular complexity index is 579. The minimum absolute atomic E-state index is 0.0303. The lowest BCUT2D eigenvalue weighted by molar-refractivity contribution is 0.102. The van der Waals surface area contributed by atoms with Crippen molar-refractivity contribution in [2.24, 2.45) is 0 Å². The van der Waals surface area contributed by atoms with Crippen molar-refractivity contribution in [3.63, 3.8) is 0 Å². The maximum Gasteiger partial charge on any atom is 0.231 e. The van der Waals surface area contributed by atoms with Crippen LogP contribution in [0.5, 0.6) is 5.75 Å². The molecule has 2 heterocycles. The van der Waals surface area contributed by atoms with E-state index in [2.05, 4.69) is 15.0 Å². The molecule has 0 saturated carbocycles. The second kappa shape index (κ2) is 5.56. The van der Waals surface area contributed by atoms with Crippen LogP contribution in [0.2, 0.25) is 0 Å². The van der Waals surface area contributed by atoms with Crippen molar-refractivity contribution in [3.8, 4) is 5.75 Å². The van der Waals surface area contributed by atoms with Crippen LogP contribution in [0.4, 0.5) is 0 Å². The van der Waals surface area contributed by atoms with Gasteiger partial charge in [-0.1, -0.05) is 0 Å². The maximum absolute atomic E-state index is 12.2. The van der Waals surface area contributed by atoms with E-state index >= 15 is 0 Å². The van der Waals surface area contributed by atoms with Gasteiger partial charge in [-0.25, -0.2) is 9.97 Å². The number of aromatic nitrogens is 3. The minimum atomic E-state index is -0.262. The van der Waals surface area contributed by atoms with E-state index in [4.69, 9.17) is 4.74 Å². The number of hydrogen-bond acceptors (Lipinski definition) is 5. The van der Waals surface area contributed by atoms with Gasteiger partial charge in [0.05, 0.1) is 12.3 Å². The number of carbonyl (C=O) groups is 1. The van der Waals surface area contributed by atoms with Crippen molar-refractivity contribution in [2.45, 2.75) is 26.9 Å². The van der Waals surface area contributed by atoms with Crippen LogP contribution in [-0.2, 0) is 0 Å². The molecular formula is C14H15N3O2. The first-order valence-corrected chi connectivity index (χ1v) is 6.01. The molecule has 0 aliphatic rings. The average Bonchev–Trinajstić information content (AvgIpc) is 2.38. The van der Waals surface area contributed by atoms with Crippen LogP contribution in [0, 0.1) is 6.92 Å². The summed E-state index contributed by atoms with van der Waals surface area (Å²) in [5.41, 5.74) is 1.33. The van der Waals surface area contributed by atoms with Crippen LogP contribution in [0.15, 0.2) is 30.9 Å². The highest BCUT2D eigenvalue weighted by molar-refractivity contribution is 6.06. The molecule has 2 rings (SSSR count). The number of nitrogens with zero attached hydrogens (tertiary/aromatic N) is 3. The van der Waals surface area contributed by atoms with Crippen LogP contribution in [0.25, 0.3) is 0 Å². The molecule has 0 spiro atoms. The van der Waals surface area contributed by atoms with Gasteiger partial charge in [-0.3, -0.25) is 9.78 Å². The third-order valence-electron chi connectivity index (χ3n) is 2.33. The highest BCUT2D eigenvalue weighted by atomic mass is 16.5. The van der Waals surface area contributed by atoms with Gasteiger partial charge in [-0.15, -0.1) is 0 Å². The predicted molar refractivity (Wildman–Crippen MR) is 70.2 cm³/mol. The Hall–Kier alpha value is -2.30. The smallest absolute Gasteiger partial charge is 0.231 e. The van der Waals surface area contributed by atoms with E-state index in [1.807, 2.05) is 20.8 Å². The molecule has 0 unspecified atom stereocenters. The van der Waals surface area contributed by atoms with E-state index in [0.717, 1.165) is 5.56 Å². The fourth-order valence-corrected chi connectivity index (χ4v) is 1.52. The van der Waals surface area contributed by atoms with Gasteiger partial charge in [0, 0.05) is 24.2 Å². The van der Waals surface area contributed by atoms with Gasteiger partial charge in [-0.2, -0.15) is 0 Å². The lowest BCUT2D eigenvalue weighted by Crippen LogP contribution is -2.09. The molecule has 2 aromatic heterocycles. The van der Waals surface area contributed by atoms with Crippen molar-refractivity contribution in [3.05, 3.63) is 47.8 Å². The summed E-state index contributed by atoms with van der Waals surface area (Å²) in [6.07, 6.45) is 6.32. The number of pyridine rings is 1. The fraction of sp³-hybridized carbons (Fsp3) is 0.286. The van der Waals surface area contributed by atoms with E-state index in [0.29, 0.717) is 11.3 Å². The molecular weight excluding hydrogens is 242 g/mol. The third kappa shape index (κ3) is 3.34. The van der Waals surface area contributed by atoms with E-state index in [-0.39, 0.29) is 17.7 Å². The zero-order chi connectivity index (χ0) is 13.8. The number of aryl methyl sites for hydroxylation is 1. The normalized spacial score (nSPS) is 10.5. The van der Waals surface area contributed by atoms with Crippen molar-refractivity contribution in [2.75, 3.05) is 0 Å². The molecule has 2 aromatic rings. The monoisotopic (exact) mass is 257 g/mol. The second-order valence-electron chi connectivity index (χ2n) is 4.49. The molecule has 5 heteroatoms. The Morgan fingerprint density at radius 3 is 2.47 bits per heavy atom. The summed E-state index contributed by atoms with van der Waals surface area (Å²) in [5, 5.41) is 0. The Morgan fingerprint density at radius 1 is 1.16 bits per heavy atom. The van der Waals surface area contributed by atoms with Gasteiger partial charge in [0.15, 0.2) is 0 Å². The molecule has 0 aliphatic heterocycles. The number of ether oxygens (including phenoxy) is 1. The zero-order valence-electron chi connectivity index (χ0n) is 11.1. The molecule has 0 atom stereocenters. The topological polar surface area (TPSA) is 65.0 Å². The standard InChI is InChI=1S/C14H15N3O2/c1-9(2)19-12-4-11(7-15-8-12)13(18)14-16-5-10(3)6-17-14/h4-9H,1-3H3. The first-order valence-electron chi connectivity index (χ1n) is 6.01. The van der Waals surface area contributed by atoms with Crippen molar-refractivity contribution < 1.29 is 9.53 Å². The first-order chi connectivity index (χ1) is 9.06. The summed E-state index contributed by atoms with van der Waals surface area (Å²) in [6.45, 7) is 5.70. The quantitative estimate of drug-likeness (QED) is 0.785. The summed E-state index contributed by atoms with van der Waals surface area (Å²) < 4.78 is 5.50. The minimum Gasteiger partial charge on any atom is -0.489 e. The molecule has 5 nitrogen and oxygen atoms in total. The second-order valence-corrected chi connectivity index (χ2v) is 4.49. The molecule has 0 radical (unpaired) electrons. The SMILES string of the molecule is Cc1cnc(C(=O)c2cncc(OC(C)C)c2)nc1. The molecule has 19 heavy (non-hydrogen) atoms. The number of ketones is 1. The maximum atomic E-state index is 12.2. The summed E-state index contributed by atoms with van der Waals surface area (Å²) in [6, 6.07) is 1.65. The van der Waals surface area contributed by atoms with E-state index in [1.54, 1.807) is 24.7 Å². The van der Waals surface area contributed by atoms with Gasteiger partial charge in [0.25, 0.3) is 0 Å². The zero-order valence-corrected chi connectivity index (χ0v) is 11.1. The molecule has 0 fully saturated rings. The van der Waals surface area contributed by atoms with Gasteiger partial charge in [0.2, 0.25) is 11.6 Å².